The normalized spacial score (nSPS) is 19.3. The van der Waals surface area contributed by atoms with Gasteiger partial charge in [0, 0.05) is 19.3 Å². The summed E-state index contributed by atoms with van der Waals surface area (Å²) in [6.07, 6.45) is 4.29. The third-order valence-corrected chi connectivity index (χ3v) is 6.53. The highest BCUT2D eigenvalue weighted by Gasteiger charge is 2.35. The molecule has 0 atom stereocenters. The molecule has 0 saturated carbocycles. The van der Waals surface area contributed by atoms with E-state index in [4.69, 9.17) is 18.0 Å². The van der Waals surface area contributed by atoms with Crippen molar-refractivity contribution < 1.29 is 8.42 Å². The van der Waals surface area contributed by atoms with Crippen LogP contribution in [-0.2, 0) is 10.0 Å². The molecule has 2 N–H and O–H groups in total. The highest BCUT2D eigenvalue weighted by molar-refractivity contribution is 7.89. The highest BCUT2D eigenvalue weighted by Crippen LogP contribution is 2.36. The molecular weight excluding hydrogens is 306 g/mol. The number of hydrogen-bond acceptors (Lipinski definition) is 4. The monoisotopic (exact) mass is 327 g/mol. The van der Waals surface area contributed by atoms with Crippen LogP contribution in [0.25, 0.3) is 0 Å². The average molecular weight is 327 g/mol. The Hall–Kier alpha value is -1.05. The molecule has 0 amide bonds. The van der Waals surface area contributed by atoms with Gasteiger partial charge in [-0.1, -0.05) is 32.5 Å². The first-order chi connectivity index (χ1) is 9.80. The zero-order valence-corrected chi connectivity index (χ0v) is 14.0. The molecule has 2 rings (SSSR count). The van der Waals surface area contributed by atoms with Crippen LogP contribution < -0.4 is 5.73 Å². The fourth-order valence-electron chi connectivity index (χ4n) is 2.54. The van der Waals surface area contributed by atoms with Gasteiger partial charge in [0.1, 0.15) is 15.6 Å². The summed E-state index contributed by atoms with van der Waals surface area (Å²) in [5.74, 6) is 0. The van der Waals surface area contributed by atoms with Gasteiger partial charge >= 0.3 is 0 Å². The summed E-state index contributed by atoms with van der Waals surface area (Å²) < 4.78 is 27.1. The van der Waals surface area contributed by atoms with Crippen molar-refractivity contribution >= 4 is 27.2 Å². The lowest BCUT2D eigenvalue weighted by molar-refractivity contribution is 0.169. The van der Waals surface area contributed by atoms with Crippen molar-refractivity contribution in [2.24, 2.45) is 11.1 Å². The second-order valence-electron chi connectivity index (χ2n) is 5.78. The molecule has 5 nitrogen and oxygen atoms in total. The van der Waals surface area contributed by atoms with E-state index < -0.39 is 10.0 Å². The number of nitrogens with zero attached hydrogens (tertiary/aromatic N) is 2. The van der Waals surface area contributed by atoms with Gasteiger partial charge in [-0.3, -0.25) is 4.98 Å². The Balaban J connectivity index is 2.30. The highest BCUT2D eigenvalue weighted by atomic mass is 32.2. The smallest absolute Gasteiger partial charge is 0.245 e. The van der Waals surface area contributed by atoms with Crippen LogP contribution in [0.4, 0.5) is 0 Å². The molecule has 0 aliphatic carbocycles. The maximum absolute atomic E-state index is 12.8. The standard InChI is InChI=1S/C14H21N3O2S2/c1-3-14(2)6-9-17(10-7-14)21(18,19)11-5-4-8-16-12(11)13(15)20/h4-5,8H,3,6-7,9-10H2,1-2H3,(H2,15,20). The number of hydrogen-bond donors (Lipinski definition) is 1. The number of aromatic nitrogens is 1. The molecule has 0 radical (unpaired) electrons. The second-order valence-corrected chi connectivity index (χ2v) is 8.13. The summed E-state index contributed by atoms with van der Waals surface area (Å²) in [4.78, 5) is 4.13. The minimum absolute atomic E-state index is 0.00424. The summed E-state index contributed by atoms with van der Waals surface area (Å²) >= 11 is 4.91. The molecule has 1 aliphatic heterocycles. The summed E-state index contributed by atoms with van der Waals surface area (Å²) in [7, 11) is -3.59. The molecule has 21 heavy (non-hydrogen) atoms. The van der Waals surface area contributed by atoms with Crippen LogP contribution in [0.1, 0.15) is 38.8 Å². The molecule has 0 spiro atoms. The molecule has 2 heterocycles. The molecule has 7 heteroatoms. The Bertz CT molecular complexity index is 635. The minimum Gasteiger partial charge on any atom is -0.388 e. The maximum Gasteiger partial charge on any atom is 0.245 e. The maximum atomic E-state index is 12.8. The molecule has 116 valence electrons. The van der Waals surface area contributed by atoms with Gasteiger partial charge < -0.3 is 5.73 Å². The summed E-state index contributed by atoms with van der Waals surface area (Å²) in [6, 6.07) is 3.11. The predicted molar refractivity (Wildman–Crippen MR) is 86.5 cm³/mol. The van der Waals surface area contributed by atoms with Crippen molar-refractivity contribution in [1.82, 2.24) is 9.29 Å². The fraction of sp³-hybridized carbons (Fsp3) is 0.571. The topological polar surface area (TPSA) is 76.3 Å². The lowest BCUT2D eigenvalue weighted by Crippen LogP contribution is -2.42. The van der Waals surface area contributed by atoms with Gasteiger partial charge in [0.15, 0.2) is 0 Å². The van der Waals surface area contributed by atoms with Gasteiger partial charge in [0.25, 0.3) is 0 Å². The number of piperidine rings is 1. The van der Waals surface area contributed by atoms with Crippen LogP contribution in [0, 0.1) is 5.41 Å². The lowest BCUT2D eigenvalue weighted by atomic mass is 9.79. The molecule has 1 saturated heterocycles. The summed E-state index contributed by atoms with van der Waals surface area (Å²) in [5, 5.41) is 0. The van der Waals surface area contributed by atoms with E-state index in [1.165, 1.54) is 16.6 Å². The molecular formula is C14H21N3O2S2. The molecule has 1 aliphatic rings. The van der Waals surface area contributed by atoms with Gasteiger partial charge in [-0.05, 0) is 30.4 Å². The molecule has 1 aromatic heterocycles. The Morgan fingerprint density at radius 3 is 2.62 bits per heavy atom. The zero-order chi connectivity index (χ0) is 15.7. The van der Waals surface area contributed by atoms with Crippen molar-refractivity contribution in [2.45, 2.75) is 38.0 Å². The van der Waals surface area contributed by atoms with Crippen LogP contribution in [-0.4, -0.2) is 35.8 Å². The Kier molecular flexibility index (Phi) is 4.65. The van der Waals surface area contributed by atoms with Gasteiger partial charge in [0.2, 0.25) is 10.0 Å². The first-order valence-corrected chi connectivity index (χ1v) is 8.90. The van der Waals surface area contributed by atoms with E-state index in [0.29, 0.717) is 13.1 Å². The number of pyridine rings is 1. The van der Waals surface area contributed by atoms with Crippen LogP contribution >= 0.6 is 12.2 Å². The molecule has 0 aromatic carbocycles. The van der Waals surface area contributed by atoms with Crippen molar-refractivity contribution in [2.75, 3.05) is 13.1 Å². The Morgan fingerprint density at radius 1 is 1.48 bits per heavy atom. The molecule has 1 fully saturated rings. The largest absolute Gasteiger partial charge is 0.388 e. The van der Waals surface area contributed by atoms with Gasteiger partial charge in [-0.25, -0.2) is 8.42 Å². The van der Waals surface area contributed by atoms with Crippen molar-refractivity contribution in [3.63, 3.8) is 0 Å². The minimum atomic E-state index is -3.59. The van der Waals surface area contributed by atoms with Gasteiger partial charge in [-0.2, -0.15) is 4.31 Å². The van der Waals surface area contributed by atoms with E-state index in [2.05, 4.69) is 18.8 Å². The summed E-state index contributed by atoms with van der Waals surface area (Å²) in [5.41, 5.74) is 6.00. The van der Waals surface area contributed by atoms with E-state index in [-0.39, 0.29) is 21.0 Å². The molecule has 0 bridgehead atoms. The van der Waals surface area contributed by atoms with Crippen LogP contribution in [0.5, 0.6) is 0 Å². The quantitative estimate of drug-likeness (QED) is 0.855. The Morgan fingerprint density at radius 2 is 2.10 bits per heavy atom. The van der Waals surface area contributed by atoms with Crippen LogP contribution in [0.15, 0.2) is 23.2 Å². The first kappa shape index (κ1) is 16.3. The molecule has 1 aromatic rings. The lowest BCUT2D eigenvalue weighted by Gasteiger charge is -2.38. The third-order valence-electron chi connectivity index (χ3n) is 4.40. The number of thiocarbonyl (C=S) groups is 1. The second kappa shape index (κ2) is 5.98. The van der Waals surface area contributed by atoms with E-state index >= 15 is 0 Å². The van der Waals surface area contributed by atoms with Crippen LogP contribution in [0.2, 0.25) is 0 Å². The first-order valence-electron chi connectivity index (χ1n) is 7.05. The fourth-order valence-corrected chi connectivity index (χ4v) is 4.37. The zero-order valence-electron chi connectivity index (χ0n) is 12.4. The number of nitrogens with two attached hydrogens (primary N) is 1. The van der Waals surface area contributed by atoms with Crippen molar-refractivity contribution in [1.29, 1.82) is 0 Å². The van der Waals surface area contributed by atoms with E-state index in [1.807, 2.05) is 0 Å². The van der Waals surface area contributed by atoms with Crippen molar-refractivity contribution in [3.8, 4) is 0 Å². The van der Waals surface area contributed by atoms with Gasteiger partial charge in [0.05, 0.1) is 0 Å². The Labute approximate surface area is 131 Å². The summed E-state index contributed by atoms with van der Waals surface area (Å²) in [6.45, 7) is 5.41. The van der Waals surface area contributed by atoms with E-state index in [9.17, 15) is 8.42 Å². The van der Waals surface area contributed by atoms with Crippen LogP contribution in [0.3, 0.4) is 0 Å². The van der Waals surface area contributed by atoms with Crippen molar-refractivity contribution in [3.05, 3.63) is 24.0 Å². The SMILES string of the molecule is CCC1(C)CCN(S(=O)(=O)c2cccnc2C(N)=S)CC1. The van der Waals surface area contributed by atoms with Gasteiger partial charge in [-0.15, -0.1) is 0 Å². The van der Waals surface area contributed by atoms with E-state index in [0.717, 1.165) is 19.3 Å². The van der Waals surface area contributed by atoms with E-state index in [1.54, 1.807) is 6.07 Å². The predicted octanol–water partition coefficient (Wildman–Crippen LogP) is 1.92. The average Bonchev–Trinajstić information content (AvgIpc) is 2.47. The third kappa shape index (κ3) is 3.25. The number of rotatable bonds is 4. The number of sulfonamides is 1. The molecule has 0 unspecified atom stereocenters.